The lowest BCUT2D eigenvalue weighted by molar-refractivity contribution is -0.124. The Morgan fingerprint density at radius 2 is 2.12 bits per heavy atom. The second kappa shape index (κ2) is 8.01. The van der Waals surface area contributed by atoms with Crippen molar-refractivity contribution in [2.24, 2.45) is 0 Å². The van der Waals surface area contributed by atoms with Crippen LogP contribution in [0.5, 0.6) is 0 Å². The molecule has 2 heterocycles. The summed E-state index contributed by atoms with van der Waals surface area (Å²) in [6.45, 7) is 4.19. The quantitative estimate of drug-likeness (QED) is 0.833. The van der Waals surface area contributed by atoms with E-state index in [1.54, 1.807) is 0 Å². The molecule has 0 aromatic carbocycles. The van der Waals surface area contributed by atoms with Gasteiger partial charge in [0.25, 0.3) is 0 Å². The molecule has 0 spiro atoms. The van der Waals surface area contributed by atoms with Crippen LogP contribution in [0, 0.1) is 18.3 Å². The first kappa shape index (κ1) is 17.9. The highest BCUT2D eigenvalue weighted by molar-refractivity contribution is 5.79. The maximum atomic E-state index is 12.6. The van der Waals surface area contributed by atoms with Crippen LogP contribution in [0.3, 0.4) is 0 Å². The fourth-order valence-corrected chi connectivity index (χ4v) is 4.18. The van der Waals surface area contributed by atoms with Gasteiger partial charge in [0.1, 0.15) is 5.54 Å². The van der Waals surface area contributed by atoms with Gasteiger partial charge in [-0.3, -0.25) is 14.4 Å². The molecule has 1 aliphatic carbocycles. The molecule has 1 amide bonds. The average molecular weight is 343 g/mol. The van der Waals surface area contributed by atoms with Crippen molar-refractivity contribution in [2.75, 3.05) is 13.1 Å². The maximum absolute atomic E-state index is 12.6. The van der Waals surface area contributed by atoms with E-state index in [9.17, 15) is 10.1 Å². The minimum Gasteiger partial charge on any atom is -0.337 e. The first-order chi connectivity index (χ1) is 12.1. The molecular weight excluding hydrogens is 314 g/mol. The molecule has 2 fully saturated rings. The van der Waals surface area contributed by atoms with Gasteiger partial charge in [-0.25, -0.2) is 0 Å². The lowest BCUT2D eigenvalue weighted by atomic mass is 9.92. The molecule has 1 saturated carbocycles. The number of nitrogens with zero attached hydrogens (tertiary/aromatic N) is 4. The highest BCUT2D eigenvalue weighted by Crippen LogP contribution is 2.27. The van der Waals surface area contributed by atoms with Gasteiger partial charge in [-0.1, -0.05) is 25.7 Å². The Labute approximate surface area is 150 Å². The highest BCUT2D eigenvalue weighted by Gasteiger charge is 2.34. The number of aryl methyl sites for hydroxylation is 1. The van der Waals surface area contributed by atoms with E-state index < -0.39 is 5.54 Å². The molecule has 1 saturated heterocycles. The Morgan fingerprint density at radius 1 is 1.36 bits per heavy atom. The molecular formula is C19H29N5O. The minimum atomic E-state index is -0.651. The molecule has 136 valence electrons. The van der Waals surface area contributed by atoms with Crippen LogP contribution in [0.15, 0.2) is 12.4 Å². The third-order valence-corrected chi connectivity index (χ3v) is 5.56. The molecule has 0 bridgehead atoms. The molecule has 25 heavy (non-hydrogen) atoms. The summed E-state index contributed by atoms with van der Waals surface area (Å²) in [7, 11) is 0. The average Bonchev–Trinajstić information content (AvgIpc) is 3.12. The van der Waals surface area contributed by atoms with Crippen LogP contribution >= 0.6 is 0 Å². The van der Waals surface area contributed by atoms with E-state index in [1.807, 2.05) is 24.0 Å². The molecule has 1 aromatic rings. The second-order valence-electron chi connectivity index (χ2n) is 7.66. The molecule has 2 aliphatic rings. The van der Waals surface area contributed by atoms with Gasteiger partial charge in [0.2, 0.25) is 5.91 Å². The maximum Gasteiger partial charge on any atom is 0.235 e. The van der Waals surface area contributed by atoms with Crippen LogP contribution in [0.1, 0.15) is 56.9 Å². The summed E-state index contributed by atoms with van der Waals surface area (Å²) in [5.74, 6) is -0.00741. The first-order valence-electron chi connectivity index (χ1n) is 9.56. The molecule has 1 N–H and O–H groups in total. The van der Waals surface area contributed by atoms with Crippen molar-refractivity contribution in [3.8, 4) is 6.07 Å². The summed E-state index contributed by atoms with van der Waals surface area (Å²) in [6, 6.07) is 2.75. The topological polar surface area (TPSA) is 74.0 Å². The lowest BCUT2D eigenvalue weighted by Crippen LogP contribution is -2.51. The third-order valence-electron chi connectivity index (χ3n) is 5.56. The lowest BCUT2D eigenvalue weighted by Gasteiger charge is -2.29. The van der Waals surface area contributed by atoms with Crippen LogP contribution in [-0.4, -0.2) is 45.3 Å². The van der Waals surface area contributed by atoms with Gasteiger partial charge < -0.3 is 5.32 Å². The number of nitriles is 1. The zero-order valence-electron chi connectivity index (χ0n) is 15.2. The van der Waals surface area contributed by atoms with E-state index >= 15 is 0 Å². The largest absolute Gasteiger partial charge is 0.337 e. The van der Waals surface area contributed by atoms with Crippen molar-refractivity contribution in [2.45, 2.75) is 76.4 Å². The van der Waals surface area contributed by atoms with Gasteiger partial charge in [0, 0.05) is 12.2 Å². The van der Waals surface area contributed by atoms with Gasteiger partial charge in [-0.2, -0.15) is 10.4 Å². The number of hydrogen-bond acceptors (Lipinski definition) is 4. The van der Waals surface area contributed by atoms with Crippen molar-refractivity contribution in [3.63, 3.8) is 0 Å². The van der Waals surface area contributed by atoms with Crippen molar-refractivity contribution in [1.29, 1.82) is 5.26 Å². The van der Waals surface area contributed by atoms with Crippen LogP contribution in [0.2, 0.25) is 0 Å². The van der Waals surface area contributed by atoms with Crippen LogP contribution in [-0.2, 0) is 11.3 Å². The molecule has 1 aromatic heterocycles. The van der Waals surface area contributed by atoms with Crippen molar-refractivity contribution < 1.29 is 4.79 Å². The van der Waals surface area contributed by atoms with E-state index in [2.05, 4.69) is 21.4 Å². The van der Waals surface area contributed by atoms with E-state index in [-0.39, 0.29) is 5.91 Å². The zero-order valence-corrected chi connectivity index (χ0v) is 15.2. The number of amides is 1. The second-order valence-corrected chi connectivity index (χ2v) is 7.66. The standard InChI is InChI=1S/C19H29N5O/c1-16-11-21-24(12-16)13-17-7-6-10-23(17)14-18(25)22-19(15-20)8-4-2-3-5-9-19/h11-12,17H,2-10,13-14H2,1H3,(H,22,25)/t17-/m1/s1. The normalized spacial score (nSPS) is 23.8. The SMILES string of the molecule is Cc1cnn(C[C@H]2CCCN2CC(=O)NC2(C#N)CCCCCC2)c1. The van der Waals surface area contributed by atoms with Gasteiger partial charge in [0.05, 0.1) is 25.4 Å². The smallest absolute Gasteiger partial charge is 0.235 e. The molecule has 1 atom stereocenters. The number of hydrogen-bond donors (Lipinski definition) is 1. The van der Waals surface area contributed by atoms with Gasteiger partial charge >= 0.3 is 0 Å². The van der Waals surface area contributed by atoms with Gasteiger partial charge in [-0.05, 0) is 44.7 Å². The Morgan fingerprint density at radius 3 is 2.76 bits per heavy atom. The number of rotatable bonds is 5. The zero-order chi connectivity index (χ0) is 17.7. The highest BCUT2D eigenvalue weighted by atomic mass is 16.2. The Hall–Kier alpha value is -1.87. The monoisotopic (exact) mass is 343 g/mol. The molecule has 3 rings (SSSR count). The van der Waals surface area contributed by atoms with Crippen molar-refractivity contribution in [3.05, 3.63) is 18.0 Å². The van der Waals surface area contributed by atoms with Crippen LogP contribution in [0.25, 0.3) is 0 Å². The van der Waals surface area contributed by atoms with Gasteiger partial charge in [0.15, 0.2) is 0 Å². The fourth-order valence-electron chi connectivity index (χ4n) is 4.18. The van der Waals surface area contributed by atoms with Gasteiger partial charge in [-0.15, -0.1) is 0 Å². The van der Waals surface area contributed by atoms with Crippen LogP contribution in [0.4, 0.5) is 0 Å². The van der Waals surface area contributed by atoms with E-state index in [4.69, 9.17) is 0 Å². The number of nitrogens with one attached hydrogen (secondary N) is 1. The predicted molar refractivity (Wildman–Crippen MR) is 95.7 cm³/mol. The fraction of sp³-hybridized carbons (Fsp3) is 0.737. The Bertz CT molecular complexity index is 624. The summed E-state index contributed by atoms with van der Waals surface area (Å²) in [5.41, 5.74) is 0.508. The summed E-state index contributed by atoms with van der Waals surface area (Å²) >= 11 is 0. The molecule has 0 radical (unpaired) electrons. The molecule has 1 aliphatic heterocycles. The minimum absolute atomic E-state index is 0.00741. The van der Waals surface area contributed by atoms with E-state index in [1.165, 1.54) is 0 Å². The molecule has 0 unspecified atom stereocenters. The third kappa shape index (κ3) is 4.60. The van der Waals surface area contributed by atoms with Crippen molar-refractivity contribution >= 4 is 5.91 Å². The number of carbonyl (C=O) groups excluding carboxylic acids is 1. The first-order valence-corrected chi connectivity index (χ1v) is 9.56. The van der Waals surface area contributed by atoms with E-state index in [0.717, 1.165) is 70.0 Å². The predicted octanol–water partition coefficient (Wildman–Crippen LogP) is 2.39. The number of aromatic nitrogens is 2. The van der Waals surface area contributed by atoms with Crippen LogP contribution < -0.4 is 5.32 Å². The van der Waals surface area contributed by atoms with E-state index in [0.29, 0.717) is 12.6 Å². The summed E-state index contributed by atoms with van der Waals surface area (Å²) in [6.07, 6.45) is 12.1. The number of carbonyl (C=O) groups is 1. The summed E-state index contributed by atoms with van der Waals surface area (Å²) in [4.78, 5) is 14.9. The Kier molecular flexibility index (Phi) is 5.74. The molecule has 6 heteroatoms. The summed E-state index contributed by atoms with van der Waals surface area (Å²) < 4.78 is 1.97. The number of likely N-dealkylation sites (tertiary alicyclic amines) is 1. The van der Waals surface area contributed by atoms with Crippen molar-refractivity contribution in [1.82, 2.24) is 20.0 Å². The molecule has 6 nitrogen and oxygen atoms in total. The summed E-state index contributed by atoms with van der Waals surface area (Å²) in [5, 5.41) is 17.1. The Balaban J connectivity index is 1.56.